The van der Waals surface area contributed by atoms with E-state index < -0.39 is 10.0 Å². The van der Waals surface area contributed by atoms with Crippen LogP contribution in [-0.4, -0.2) is 45.5 Å². The first kappa shape index (κ1) is 22.0. The zero-order chi connectivity index (χ0) is 21.9. The molecule has 0 saturated heterocycles. The number of rotatable bonds is 8. The van der Waals surface area contributed by atoms with Gasteiger partial charge in [0.15, 0.2) is 5.78 Å². The van der Waals surface area contributed by atoms with E-state index in [9.17, 15) is 18.0 Å². The van der Waals surface area contributed by atoms with Gasteiger partial charge >= 0.3 is 0 Å². The van der Waals surface area contributed by atoms with Crippen molar-refractivity contribution in [3.63, 3.8) is 0 Å². The van der Waals surface area contributed by atoms with Crippen LogP contribution in [0, 0.1) is 0 Å². The van der Waals surface area contributed by atoms with Crippen LogP contribution < -0.4 is 14.9 Å². The highest BCUT2D eigenvalue weighted by molar-refractivity contribution is 7.92. The third-order valence-corrected chi connectivity index (χ3v) is 5.76. The number of carbonyl (C=O) groups excluding carboxylic acids is 2. The molecule has 1 aliphatic rings. The fourth-order valence-corrected chi connectivity index (χ4v) is 4.30. The van der Waals surface area contributed by atoms with Crippen molar-refractivity contribution in [1.29, 1.82) is 0 Å². The first-order chi connectivity index (χ1) is 14.2. The number of benzene rings is 2. The Labute approximate surface area is 177 Å². The first-order valence-corrected chi connectivity index (χ1v) is 11.8. The molecule has 30 heavy (non-hydrogen) atoms. The van der Waals surface area contributed by atoms with E-state index in [1.165, 1.54) is 5.56 Å². The quantitative estimate of drug-likeness (QED) is 0.629. The molecule has 1 amide bonds. The predicted molar refractivity (Wildman–Crippen MR) is 119 cm³/mol. The molecule has 3 rings (SSSR count). The average molecular weight is 430 g/mol. The maximum Gasteiger partial charge on any atom is 0.229 e. The van der Waals surface area contributed by atoms with Crippen LogP contribution in [-0.2, 0) is 14.8 Å². The molecule has 8 heteroatoms. The van der Waals surface area contributed by atoms with Crippen LogP contribution in [0.25, 0.3) is 0 Å². The Morgan fingerprint density at radius 3 is 2.50 bits per heavy atom. The van der Waals surface area contributed by atoms with Gasteiger partial charge in [0.05, 0.1) is 12.8 Å². The number of ketones is 1. The summed E-state index contributed by atoms with van der Waals surface area (Å²) in [6, 6.07) is 14.1. The van der Waals surface area contributed by atoms with Gasteiger partial charge in [-0.25, -0.2) is 8.42 Å². The fourth-order valence-electron chi connectivity index (χ4n) is 3.74. The number of amides is 1. The van der Waals surface area contributed by atoms with Crippen LogP contribution in [0.2, 0.25) is 0 Å². The predicted octanol–water partition coefficient (Wildman–Crippen LogP) is 2.76. The molecule has 1 heterocycles. The maximum atomic E-state index is 12.6. The summed E-state index contributed by atoms with van der Waals surface area (Å²) in [7, 11) is -3.35. The normalized spacial score (nSPS) is 17.4. The van der Waals surface area contributed by atoms with Gasteiger partial charge in [0.25, 0.3) is 0 Å². The van der Waals surface area contributed by atoms with E-state index in [0.717, 1.165) is 11.9 Å². The van der Waals surface area contributed by atoms with Crippen LogP contribution in [0.15, 0.2) is 48.5 Å². The van der Waals surface area contributed by atoms with Gasteiger partial charge in [-0.05, 0) is 48.7 Å². The van der Waals surface area contributed by atoms with E-state index in [0.29, 0.717) is 24.2 Å². The van der Waals surface area contributed by atoms with Crippen molar-refractivity contribution >= 4 is 33.1 Å². The number of Topliss-reactive ketones (excluding diaryl/α,β-unsaturated/α-hetero) is 1. The summed E-state index contributed by atoms with van der Waals surface area (Å²) in [5, 5.41) is 3.14. The second kappa shape index (κ2) is 8.97. The molecule has 0 fully saturated rings. The molecule has 1 aliphatic heterocycles. The van der Waals surface area contributed by atoms with Crippen molar-refractivity contribution in [2.75, 3.05) is 29.0 Å². The zero-order valence-electron chi connectivity index (χ0n) is 17.4. The molecule has 0 saturated carbocycles. The highest BCUT2D eigenvalue weighted by Crippen LogP contribution is 2.36. The Kier molecular flexibility index (Phi) is 6.58. The number of para-hydroxylation sites is 1. The number of hydrogen-bond donors (Lipinski definition) is 2. The van der Waals surface area contributed by atoms with E-state index in [-0.39, 0.29) is 30.2 Å². The summed E-state index contributed by atoms with van der Waals surface area (Å²) >= 11 is 0. The average Bonchev–Trinajstić information content (AvgIpc) is 2.67. The highest BCUT2D eigenvalue weighted by Gasteiger charge is 2.31. The topological polar surface area (TPSA) is 95.6 Å². The van der Waals surface area contributed by atoms with Crippen molar-refractivity contribution in [1.82, 2.24) is 5.32 Å². The number of carbonyl (C=O) groups is 2. The van der Waals surface area contributed by atoms with Crippen LogP contribution in [0.4, 0.5) is 11.4 Å². The lowest BCUT2D eigenvalue weighted by Crippen LogP contribution is -2.47. The Bertz CT molecular complexity index is 1030. The summed E-state index contributed by atoms with van der Waals surface area (Å²) in [4.78, 5) is 26.9. The summed E-state index contributed by atoms with van der Waals surface area (Å²) < 4.78 is 24.9. The number of anilines is 2. The van der Waals surface area contributed by atoms with Gasteiger partial charge in [0.2, 0.25) is 15.9 Å². The SMILES string of the molecule is CC1CC(=O)N(C(C)CNCC(=O)c2ccc(NS(C)(=O)=O)cc2)c2ccccc21. The van der Waals surface area contributed by atoms with Gasteiger partial charge in [-0.1, -0.05) is 25.1 Å². The molecule has 0 spiro atoms. The first-order valence-electron chi connectivity index (χ1n) is 9.88. The molecule has 0 bridgehead atoms. The Morgan fingerprint density at radius 2 is 1.83 bits per heavy atom. The van der Waals surface area contributed by atoms with Crippen LogP contribution in [0.5, 0.6) is 0 Å². The van der Waals surface area contributed by atoms with Gasteiger partial charge < -0.3 is 10.2 Å². The van der Waals surface area contributed by atoms with Crippen molar-refractivity contribution in [3.05, 3.63) is 59.7 Å². The molecule has 2 unspecified atom stereocenters. The van der Waals surface area contributed by atoms with Gasteiger partial charge in [0.1, 0.15) is 0 Å². The second-order valence-electron chi connectivity index (χ2n) is 7.78. The van der Waals surface area contributed by atoms with Crippen LogP contribution >= 0.6 is 0 Å². The Balaban J connectivity index is 1.58. The molecule has 7 nitrogen and oxygen atoms in total. The van der Waals surface area contributed by atoms with E-state index >= 15 is 0 Å². The minimum Gasteiger partial charge on any atom is -0.308 e. The minimum atomic E-state index is -3.35. The lowest BCUT2D eigenvalue weighted by atomic mass is 9.90. The number of sulfonamides is 1. The van der Waals surface area contributed by atoms with Gasteiger partial charge in [-0.3, -0.25) is 14.3 Å². The highest BCUT2D eigenvalue weighted by atomic mass is 32.2. The van der Waals surface area contributed by atoms with Crippen LogP contribution in [0.1, 0.15) is 42.1 Å². The maximum absolute atomic E-state index is 12.6. The third-order valence-electron chi connectivity index (χ3n) is 5.15. The number of nitrogens with one attached hydrogen (secondary N) is 2. The second-order valence-corrected chi connectivity index (χ2v) is 9.53. The van der Waals surface area contributed by atoms with E-state index in [4.69, 9.17) is 0 Å². The van der Waals surface area contributed by atoms with Crippen molar-refractivity contribution < 1.29 is 18.0 Å². The van der Waals surface area contributed by atoms with Gasteiger partial charge in [-0.2, -0.15) is 0 Å². The third kappa shape index (κ3) is 5.25. The lowest BCUT2D eigenvalue weighted by Gasteiger charge is -2.37. The molecule has 2 atom stereocenters. The lowest BCUT2D eigenvalue weighted by molar-refractivity contribution is -0.119. The Morgan fingerprint density at radius 1 is 1.17 bits per heavy atom. The van der Waals surface area contributed by atoms with Gasteiger partial charge in [-0.15, -0.1) is 0 Å². The minimum absolute atomic E-state index is 0.0933. The number of nitrogens with zero attached hydrogens (tertiary/aromatic N) is 1. The van der Waals surface area contributed by atoms with Crippen molar-refractivity contribution in [3.8, 4) is 0 Å². The molecular formula is C22H27N3O4S. The molecule has 0 aliphatic carbocycles. The molecule has 160 valence electrons. The molecule has 0 radical (unpaired) electrons. The summed E-state index contributed by atoms with van der Waals surface area (Å²) in [5.41, 5.74) is 3.01. The van der Waals surface area contributed by atoms with Crippen molar-refractivity contribution in [2.45, 2.75) is 32.2 Å². The van der Waals surface area contributed by atoms with E-state index in [2.05, 4.69) is 23.0 Å². The molecule has 2 N–H and O–H groups in total. The molecule has 0 aromatic heterocycles. The zero-order valence-corrected chi connectivity index (χ0v) is 18.2. The van der Waals surface area contributed by atoms with E-state index in [1.807, 2.05) is 30.0 Å². The fraction of sp³-hybridized carbons (Fsp3) is 0.364. The van der Waals surface area contributed by atoms with E-state index in [1.54, 1.807) is 24.3 Å². The largest absolute Gasteiger partial charge is 0.308 e. The van der Waals surface area contributed by atoms with Gasteiger partial charge in [0, 0.05) is 35.9 Å². The summed E-state index contributed by atoms with van der Waals surface area (Å²) in [5.74, 6) is 0.190. The molecule has 2 aromatic carbocycles. The monoisotopic (exact) mass is 429 g/mol. The number of hydrogen-bond acceptors (Lipinski definition) is 5. The van der Waals surface area contributed by atoms with Crippen molar-refractivity contribution in [2.24, 2.45) is 0 Å². The summed E-state index contributed by atoms with van der Waals surface area (Å²) in [6.45, 7) is 4.64. The smallest absolute Gasteiger partial charge is 0.229 e. The standard InChI is InChI=1S/C22H27N3O4S/c1-15-12-22(27)25(20-7-5-4-6-19(15)20)16(2)13-23-14-21(26)17-8-10-18(11-9-17)24-30(3,28)29/h4-11,15-16,23-24H,12-14H2,1-3H3. The Hall–Kier alpha value is -2.71. The summed E-state index contributed by atoms with van der Waals surface area (Å²) in [6.07, 6.45) is 1.55. The number of fused-ring (bicyclic) bond motifs is 1. The molecule has 2 aromatic rings. The van der Waals surface area contributed by atoms with Crippen LogP contribution in [0.3, 0.4) is 0 Å². The molecular weight excluding hydrogens is 402 g/mol.